The van der Waals surface area contributed by atoms with Crippen LogP contribution in [-0.4, -0.2) is 51.0 Å². The first-order chi connectivity index (χ1) is 15.6. The number of halogens is 1. The van der Waals surface area contributed by atoms with Crippen molar-refractivity contribution < 1.29 is 18.0 Å². The summed E-state index contributed by atoms with van der Waals surface area (Å²) in [5.74, 6) is -0.422. The summed E-state index contributed by atoms with van der Waals surface area (Å²) in [4.78, 5) is 27.3. The summed E-state index contributed by atoms with van der Waals surface area (Å²) in [5, 5.41) is 3.15. The van der Waals surface area contributed by atoms with E-state index in [2.05, 4.69) is 5.32 Å². The number of nitrogens with zero attached hydrogens (tertiary/aromatic N) is 2. The van der Waals surface area contributed by atoms with Crippen LogP contribution in [0.25, 0.3) is 0 Å². The summed E-state index contributed by atoms with van der Waals surface area (Å²) in [6.45, 7) is 4.28. The van der Waals surface area contributed by atoms with Crippen LogP contribution in [0.4, 0.5) is 5.69 Å². The minimum Gasteiger partial charge on any atom is -0.357 e. The molecule has 0 saturated heterocycles. The molecular formula is C24H32ClN3O4S. The second-order valence-electron chi connectivity index (χ2n) is 7.96. The SMILES string of the molecule is CC[C@@H](C(=O)NC)N(Cc1cccc(C)c1)C(=O)CCCN(c1ccc(Cl)cc1)S(C)(=O)=O. The Bertz CT molecular complexity index is 1060. The lowest BCUT2D eigenvalue weighted by atomic mass is 10.1. The summed E-state index contributed by atoms with van der Waals surface area (Å²) in [5.41, 5.74) is 2.49. The quantitative estimate of drug-likeness (QED) is 0.516. The van der Waals surface area contributed by atoms with Crippen molar-refractivity contribution in [3.8, 4) is 0 Å². The molecule has 2 amide bonds. The number of likely N-dealkylation sites (N-methyl/N-ethyl adjacent to an activating group) is 1. The van der Waals surface area contributed by atoms with Crippen LogP contribution in [0.2, 0.25) is 5.02 Å². The number of nitrogens with one attached hydrogen (secondary N) is 1. The third-order valence-electron chi connectivity index (χ3n) is 5.33. The van der Waals surface area contributed by atoms with E-state index in [9.17, 15) is 18.0 Å². The van der Waals surface area contributed by atoms with Crippen LogP contribution in [0.1, 0.15) is 37.3 Å². The van der Waals surface area contributed by atoms with Gasteiger partial charge < -0.3 is 10.2 Å². The van der Waals surface area contributed by atoms with Gasteiger partial charge in [-0.3, -0.25) is 13.9 Å². The van der Waals surface area contributed by atoms with Crippen molar-refractivity contribution in [3.63, 3.8) is 0 Å². The van der Waals surface area contributed by atoms with Gasteiger partial charge in [0.05, 0.1) is 11.9 Å². The molecule has 0 spiro atoms. The molecule has 0 unspecified atom stereocenters. The van der Waals surface area contributed by atoms with E-state index in [1.165, 1.54) is 4.31 Å². The first-order valence-electron chi connectivity index (χ1n) is 10.9. The Morgan fingerprint density at radius 3 is 2.33 bits per heavy atom. The lowest BCUT2D eigenvalue weighted by Crippen LogP contribution is -2.48. The van der Waals surface area contributed by atoms with Crippen LogP contribution in [0.5, 0.6) is 0 Å². The molecule has 2 aromatic rings. The van der Waals surface area contributed by atoms with Crippen molar-refractivity contribution in [1.29, 1.82) is 0 Å². The van der Waals surface area contributed by atoms with Gasteiger partial charge in [-0.25, -0.2) is 8.42 Å². The summed E-state index contributed by atoms with van der Waals surface area (Å²) >= 11 is 5.92. The zero-order valence-electron chi connectivity index (χ0n) is 19.5. The number of benzene rings is 2. The number of carbonyl (C=O) groups is 2. The molecule has 0 aliphatic heterocycles. The third kappa shape index (κ3) is 7.75. The van der Waals surface area contributed by atoms with Crippen LogP contribution in [0, 0.1) is 6.92 Å². The van der Waals surface area contributed by atoms with Gasteiger partial charge in [0.2, 0.25) is 21.8 Å². The molecule has 9 heteroatoms. The molecule has 0 radical (unpaired) electrons. The highest BCUT2D eigenvalue weighted by molar-refractivity contribution is 7.92. The maximum atomic E-state index is 13.2. The molecule has 0 aliphatic rings. The lowest BCUT2D eigenvalue weighted by molar-refractivity contribution is -0.141. The van der Waals surface area contributed by atoms with Gasteiger partial charge in [-0.05, 0) is 49.6 Å². The summed E-state index contributed by atoms with van der Waals surface area (Å²) < 4.78 is 25.9. The van der Waals surface area contributed by atoms with Crippen LogP contribution in [0.15, 0.2) is 48.5 Å². The Labute approximate surface area is 201 Å². The number of carbonyl (C=O) groups excluding carboxylic acids is 2. The molecule has 0 aromatic heterocycles. The van der Waals surface area contributed by atoms with E-state index in [1.807, 2.05) is 38.1 Å². The minimum absolute atomic E-state index is 0.110. The molecule has 0 aliphatic carbocycles. The largest absolute Gasteiger partial charge is 0.357 e. The molecule has 0 heterocycles. The van der Waals surface area contributed by atoms with Crippen molar-refractivity contribution >= 4 is 39.1 Å². The normalized spacial score (nSPS) is 12.2. The number of sulfonamides is 1. The zero-order chi connectivity index (χ0) is 24.6. The molecule has 0 saturated carbocycles. The zero-order valence-corrected chi connectivity index (χ0v) is 21.1. The Kier molecular flexibility index (Phi) is 9.73. The Balaban J connectivity index is 2.18. The highest BCUT2D eigenvalue weighted by Crippen LogP contribution is 2.22. The smallest absolute Gasteiger partial charge is 0.242 e. The summed E-state index contributed by atoms with van der Waals surface area (Å²) in [6.07, 6.45) is 2.02. The van der Waals surface area contributed by atoms with Gasteiger partial charge in [-0.1, -0.05) is 48.4 Å². The molecule has 33 heavy (non-hydrogen) atoms. The van der Waals surface area contributed by atoms with E-state index in [0.29, 0.717) is 30.1 Å². The molecule has 1 atom stereocenters. The average molecular weight is 494 g/mol. The Hall–Kier alpha value is -2.58. The number of amides is 2. The van der Waals surface area contributed by atoms with Crippen molar-refractivity contribution in [1.82, 2.24) is 10.2 Å². The first-order valence-corrected chi connectivity index (χ1v) is 13.1. The van der Waals surface area contributed by atoms with E-state index >= 15 is 0 Å². The molecule has 2 aromatic carbocycles. The fourth-order valence-corrected chi connectivity index (χ4v) is 4.80. The van der Waals surface area contributed by atoms with Crippen molar-refractivity contribution in [2.24, 2.45) is 0 Å². The lowest BCUT2D eigenvalue weighted by Gasteiger charge is -2.31. The van der Waals surface area contributed by atoms with E-state index in [4.69, 9.17) is 11.6 Å². The third-order valence-corrected chi connectivity index (χ3v) is 6.78. The van der Waals surface area contributed by atoms with Gasteiger partial charge in [0.15, 0.2) is 0 Å². The molecule has 0 bridgehead atoms. The van der Waals surface area contributed by atoms with Gasteiger partial charge in [0, 0.05) is 31.6 Å². The highest BCUT2D eigenvalue weighted by Gasteiger charge is 2.28. The molecular weight excluding hydrogens is 462 g/mol. The predicted molar refractivity (Wildman–Crippen MR) is 133 cm³/mol. The molecule has 2 rings (SSSR count). The summed E-state index contributed by atoms with van der Waals surface area (Å²) in [7, 11) is -1.99. The fourth-order valence-electron chi connectivity index (χ4n) is 3.70. The minimum atomic E-state index is -3.54. The highest BCUT2D eigenvalue weighted by atomic mass is 35.5. The van der Waals surface area contributed by atoms with Gasteiger partial charge >= 0.3 is 0 Å². The van der Waals surface area contributed by atoms with Crippen LogP contribution >= 0.6 is 11.6 Å². The van der Waals surface area contributed by atoms with E-state index < -0.39 is 16.1 Å². The average Bonchev–Trinajstić information content (AvgIpc) is 2.76. The van der Waals surface area contributed by atoms with E-state index in [-0.39, 0.29) is 24.8 Å². The number of rotatable bonds is 11. The van der Waals surface area contributed by atoms with Crippen molar-refractivity contribution in [2.45, 2.75) is 45.7 Å². The van der Waals surface area contributed by atoms with Crippen LogP contribution in [0.3, 0.4) is 0 Å². The Morgan fingerprint density at radius 1 is 1.12 bits per heavy atom. The van der Waals surface area contributed by atoms with E-state index in [0.717, 1.165) is 17.4 Å². The summed E-state index contributed by atoms with van der Waals surface area (Å²) in [6, 6.07) is 13.7. The number of hydrogen-bond donors (Lipinski definition) is 1. The van der Waals surface area contributed by atoms with Crippen molar-refractivity contribution in [2.75, 3.05) is 24.2 Å². The predicted octanol–water partition coefficient (Wildman–Crippen LogP) is 3.75. The second kappa shape index (κ2) is 12.0. The second-order valence-corrected chi connectivity index (χ2v) is 10.3. The maximum absolute atomic E-state index is 13.2. The monoisotopic (exact) mass is 493 g/mol. The Morgan fingerprint density at radius 2 is 1.79 bits per heavy atom. The molecule has 1 N–H and O–H groups in total. The first kappa shape index (κ1) is 26.7. The van der Waals surface area contributed by atoms with Crippen molar-refractivity contribution in [3.05, 3.63) is 64.7 Å². The van der Waals surface area contributed by atoms with Gasteiger partial charge in [0.1, 0.15) is 6.04 Å². The number of anilines is 1. The standard InChI is InChI=1S/C24H32ClN3O4S/c1-5-22(24(30)26-3)27(17-19-9-6-8-18(2)16-19)23(29)10-7-15-28(33(4,31)32)21-13-11-20(25)12-14-21/h6,8-9,11-14,16,22H,5,7,10,15,17H2,1-4H3,(H,26,30)/t22-/m0/s1. The topological polar surface area (TPSA) is 86.8 Å². The number of hydrogen-bond acceptors (Lipinski definition) is 4. The fraction of sp³-hybridized carbons (Fsp3) is 0.417. The van der Waals surface area contributed by atoms with Crippen LogP contribution in [-0.2, 0) is 26.2 Å². The van der Waals surface area contributed by atoms with E-state index in [1.54, 1.807) is 36.2 Å². The van der Waals surface area contributed by atoms with Gasteiger partial charge in [0.25, 0.3) is 0 Å². The van der Waals surface area contributed by atoms with Gasteiger partial charge in [-0.2, -0.15) is 0 Å². The van der Waals surface area contributed by atoms with Crippen LogP contribution < -0.4 is 9.62 Å². The molecule has 180 valence electrons. The number of aryl methyl sites for hydroxylation is 1. The molecule has 0 fully saturated rings. The van der Waals surface area contributed by atoms with Gasteiger partial charge in [-0.15, -0.1) is 0 Å². The maximum Gasteiger partial charge on any atom is 0.242 e. The molecule has 7 nitrogen and oxygen atoms in total.